The van der Waals surface area contributed by atoms with Crippen LogP contribution < -0.4 is 10.1 Å². The molecule has 3 aromatic rings. The molecule has 0 radical (unpaired) electrons. The normalized spacial score (nSPS) is 17.0. The third-order valence-corrected chi connectivity index (χ3v) is 7.31. The monoisotopic (exact) mass is 483 g/mol. The summed E-state index contributed by atoms with van der Waals surface area (Å²) in [6.07, 6.45) is 2.09. The fraction of sp³-hybridized carbons (Fsp3) is 0.333. The molecule has 186 valence electrons. The number of nitrogens with one attached hydrogen (secondary N) is 1. The first kappa shape index (κ1) is 24.1. The molecule has 0 aromatic heterocycles. The highest BCUT2D eigenvalue weighted by Crippen LogP contribution is 2.34. The summed E-state index contributed by atoms with van der Waals surface area (Å²) in [6.45, 7) is 3.37. The van der Waals surface area contributed by atoms with Gasteiger partial charge in [-0.1, -0.05) is 60.7 Å². The minimum absolute atomic E-state index is 0.0129. The van der Waals surface area contributed by atoms with E-state index in [2.05, 4.69) is 34.5 Å². The number of amides is 2. The fourth-order valence-corrected chi connectivity index (χ4v) is 5.30. The largest absolute Gasteiger partial charge is 0.497 e. The maximum absolute atomic E-state index is 13.3. The van der Waals surface area contributed by atoms with Gasteiger partial charge in [-0.3, -0.25) is 14.5 Å². The van der Waals surface area contributed by atoms with Crippen molar-refractivity contribution in [2.75, 3.05) is 20.2 Å². The van der Waals surface area contributed by atoms with Gasteiger partial charge in [0.05, 0.1) is 19.6 Å². The van der Waals surface area contributed by atoms with Crippen LogP contribution in [0.4, 0.5) is 0 Å². The highest BCUT2D eigenvalue weighted by Gasteiger charge is 2.35. The zero-order chi connectivity index (χ0) is 24.9. The molecule has 0 spiro atoms. The summed E-state index contributed by atoms with van der Waals surface area (Å²) >= 11 is 0. The van der Waals surface area contributed by atoms with Crippen LogP contribution in [0.15, 0.2) is 78.9 Å². The Kier molecular flexibility index (Phi) is 7.33. The van der Waals surface area contributed by atoms with Crippen molar-refractivity contribution in [3.8, 4) is 5.75 Å². The molecule has 1 N–H and O–H groups in total. The number of carbonyl (C=O) groups excluding carboxylic acids is 2. The number of carbonyl (C=O) groups is 2. The molecule has 2 aliphatic heterocycles. The average Bonchev–Trinajstić information content (AvgIpc) is 3.25. The van der Waals surface area contributed by atoms with Crippen molar-refractivity contribution >= 4 is 11.8 Å². The molecule has 1 atom stereocenters. The smallest absolute Gasteiger partial charge is 0.255 e. The summed E-state index contributed by atoms with van der Waals surface area (Å²) in [5, 5.41) is 3.26. The minimum Gasteiger partial charge on any atom is -0.497 e. The first-order chi connectivity index (χ1) is 17.6. The molecule has 2 aliphatic rings. The van der Waals surface area contributed by atoms with E-state index in [1.165, 1.54) is 5.56 Å². The van der Waals surface area contributed by atoms with Gasteiger partial charge in [0.25, 0.3) is 5.91 Å². The van der Waals surface area contributed by atoms with Gasteiger partial charge >= 0.3 is 0 Å². The summed E-state index contributed by atoms with van der Waals surface area (Å²) < 4.78 is 5.31. The molecule has 5 rings (SSSR count). The Morgan fingerprint density at radius 2 is 1.67 bits per heavy atom. The number of piperidine rings is 1. The molecule has 6 heteroatoms. The van der Waals surface area contributed by atoms with Crippen molar-refractivity contribution in [3.63, 3.8) is 0 Å². The zero-order valence-corrected chi connectivity index (χ0v) is 20.7. The Labute approximate surface area is 212 Å². The lowest BCUT2D eigenvalue weighted by atomic mass is 9.99. The van der Waals surface area contributed by atoms with Gasteiger partial charge in [0, 0.05) is 37.8 Å². The average molecular weight is 484 g/mol. The SMILES string of the molecule is COc1ccc([C@@H](CC(=O)NC2CCN(Cc3ccccc3)CC2)N2Cc3ccccc3C2=O)cc1. The standard InChI is InChI=1S/C30H33N3O3/c1-36-26-13-11-23(12-14-26)28(33-21-24-9-5-6-10-27(24)30(33)35)19-29(34)31-25-15-17-32(18-16-25)20-22-7-3-2-4-8-22/h2-14,25,28H,15-21H2,1H3,(H,31,34)/t28-/m1/s1. The third-order valence-electron chi connectivity index (χ3n) is 7.31. The van der Waals surface area contributed by atoms with Gasteiger partial charge in [0.15, 0.2) is 0 Å². The van der Waals surface area contributed by atoms with Crippen molar-refractivity contribution in [2.45, 2.75) is 44.4 Å². The van der Waals surface area contributed by atoms with E-state index in [0.717, 1.165) is 54.9 Å². The number of hydrogen-bond acceptors (Lipinski definition) is 4. The summed E-state index contributed by atoms with van der Waals surface area (Å²) in [6, 6.07) is 25.7. The predicted octanol–water partition coefficient (Wildman–Crippen LogP) is 4.56. The Bertz CT molecular complexity index is 1190. The number of methoxy groups -OCH3 is 1. The van der Waals surface area contributed by atoms with E-state index in [4.69, 9.17) is 4.74 Å². The van der Waals surface area contributed by atoms with E-state index in [0.29, 0.717) is 6.54 Å². The number of ether oxygens (including phenoxy) is 1. The second-order valence-electron chi connectivity index (χ2n) is 9.69. The van der Waals surface area contributed by atoms with Crippen molar-refractivity contribution in [3.05, 3.63) is 101 Å². The van der Waals surface area contributed by atoms with E-state index in [1.54, 1.807) is 7.11 Å². The van der Waals surface area contributed by atoms with E-state index < -0.39 is 0 Å². The predicted molar refractivity (Wildman–Crippen MR) is 140 cm³/mol. The molecule has 36 heavy (non-hydrogen) atoms. The molecular formula is C30H33N3O3. The highest BCUT2D eigenvalue weighted by molar-refractivity contribution is 5.98. The number of fused-ring (bicyclic) bond motifs is 1. The van der Waals surface area contributed by atoms with Crippen molar-refractivity contribution in [1.82, 2.24) is 15.1 Å². The topological polar surface area (TPSA) is 61.9 Å². The minimum atomic E-state index is -0.339. The second-order valence-corrected chi connectivity index (χ2v) is 9.69. The van der Waals surface area contributed by atoms with Crippen molar-refractivity contribution in [1.29, 1.82) is 0 Å². The van der Waals surface area contributed by atoms with Crippen LogP contribution in [0.2, 0.25) is 0 Å². The van der Waals surface area contributed by atoms with Crippen molar-refractivity contribution in [2.24, 2.45) is 0 Å². The molecule has 0 saturated carbocycles. The lowest BCUT2D eigenvalue weighted by Gasteiger charge is -2.33. The summed E-state index contributed by atoms with van der Waals surface area (Å²) in [7, 11) is 1.63. The van der Waals surface area contributed by atoms with Crippen LogP contribution in [0.25, 0.3) is 0 Å². The van der Waals surface area contributed by atoms with Gasteiger partial charge in [-0.2, -0.15) is 0 Å². The van der Waals surface area contributed by atoms with E-state index in [9.17, 15) is 9.59 Å². The Balaban J connectivity index is 1.23. The highest BCUT2D eigenvalue weighted by atomic mass is 16.5. The van der Waals surface area contributed by atoms with E-state index in [-0.39, 0.29) is 30.3 Å². The van der Waals surface area contributed by atoms with Gasteiger partial charge in [-0.25, -0.2) is 0 Å². The van der Waals surface area contributed by atoms with Crippen LogP contribution in [-0.2, 0) is 17.9 Å². The summed E-state index contributed by atoms with van der Waals surface area (Å²) in [4.78, 5) is 30.8. The van der Waals surface area contributed by atoms with Gasteiger partial charge in [0.1, 0.15) is 5.75 Å². The van der Waals surface area contributed by atoms with E-state index >= 15 is 0 Å². The first-order valence-electron chi connectivity index (χ1n) is 12.7. The van der Waals surface area contributed by atoms with Gasteiger partial charge in [-0.05, 0) is 47.7 Å². The third kappa shape index (κ3) is 5.44. The summed E-state index contributed by atoms with van der Waals surface area (Å²) in [5.41, 5.74) is 3.98. The molecule has 1 saturated heterocycles. The van der Waals surface area contributed by atoms with E-state index in [1.807, 2.05) is 59.5 Å². The Morgan fingerprint density at radius 1 is 0.972 bits per heavy atom. The summed E-state index contributed by atoms with van der Waals surface area (Å²) in [5.74, 6) is 0.717. The molecule has 2 heterocycles. The number of likely N-dealkylation sites (tertiary alicyclic amines) is 1. The fourth-order valence-electron chi connectivity index (χ4n) is 5.30. The van der Waals surface area contributed by atoms with Gasteiger partial charge in [0.2, 0.25) is 5.91 Å². The lowest BCUT2D eigenvalue weighted by Crippen LogP contribution is -2.45. The molecule has 6 nitrogen and oxygen atoms in total. The maximum Gasteiger partial charge on any atom is 0.255 e. The van der Waals surface area contributed by atoms with Crippen LogP contribution >= 0.6 is 0 Å². The van der Waals surface area contributed by atoms with Crippen LogP contribution in [0, 0.1) is 0 Å². The maximum atomic E-state index is 13.3. The van der Waals surface area contributed by atoms with Crippen LogP contribution in [0.5, 0.6) is 5.75 Å². The molecule has 1 fully saturated rings. The molecule has 3 aromatic carbocycles. The molecule has 0 aliphatic carbocycles. The molecule has 2 amide bonds. The zero-order valence-electron chi connectivity index (χ0n) is 20.7. The Morgan fingerprint density at radius 3 is 2.36 bits per heavy atom. The first-order valence-corrected chi connectivity index (χ1v) is 12.7. The van der Waals surface area contributed by atoms with Crippen LogP contribution in [-0.4, -0.2) is 47.9 Å². The quantitative estimate of drug-likeness (QED) is 0.510. The van der Waals surface area contributed by atoms with Gasteiger partial charge < -0.3 is 15.0 Å². The Hall–Kier alpha value is -3.64. The van der Waals surface area contributed by atoms with Crippen molar-refractivity contribution < 1.29 is 14.3 Å². The second kappa shape index (κ2) is 11.0. The lowest BCUT2D eigenvalue weighted by molar-refractivity contribution is -0.123. The molecule has 0 unspecified atom stereocenters. The number of rotatable bonds is 8. The molecular weight excluding hydrogens is 450 g/mol. The van der Waals surface area contributed by atoms with Crippen LogP contribution in [0.1, 0.15) is 52.4 Å². The molecule has 0 bridgehead atoms. The van der Waals surface area contributed by atoms with Crippen LogP contribution in [0.3, 0.4) is 0 Å². The van der Waals surface area contributed by atoms with Gasteiger partial charge in [-0.15, -0.1) is 0 Å². The number of hydrogen-bond donors (Lipinski definition) is 1. The number of nitrogens with zero attached hydrogens (tertiary/aromatic N) is 2. The number of benzene rings is 3.